The number of rotatable bonds is 4. The van der Waals surface area contributed by atoms with Gasteiger partial charge in [-0.25, -0.2) is 4.98 Å². The van der Waals surface area contributed by atoms with Crippen LogP contribution in [0.15, 0.2) is 42.9 Å². The fourth-order valence-electron chi connectivity index (χ4n) is 1.98. The summed E-state index contributed by atoms with van der Waals surface area (Å²) in [4.78, 5) is 16.3. The molecule has 0 fully saturated rings. The van der Waals surface area contributed by atoms with Crippen LogP contribution in [0.3, 0.4) is 0 Å². The SMILES string of the molecule is CC(C)[C@H](C(=O)Nc1ccc(Cl)nc1)n1cccc1. The van der Waals surface area contributed by atoms with Crippen LogP contribution in [0.4, 0.5) is 5.69 Å². The Morgan fingerprint density at radius 3 is 2.53 bits per heavy atom. The zero-order chi connectivity index (χ0) is 13.8. The van der Waals surface area contributed by atoms with E-state index in [1.54, 1.807) is 18.3 Å². The molecule has 2 aromatic heterocycles. The molecule has 0 aromatic carbocycles. The van der Waals surface area contributed by atoms with Crippen LogP contribution in [0.1, 0.15) is 19.9 Å². The van der Waals surface area contributed by atoms with E-state index >= 15 is 0 Å². The van der Waals surface area contributed by atoms with E-state index in [1.165, 1.54) is 0 Å². The average Bonchev–Trinajstić information content (AvgIpc) is 2.85. The topological polar surface area (TPSA) is 46.9 Å². The number of aromatic nitrogens is 2. The number of anilines is 1. The zero-order valence-corrected chi connectivity index (χ0v) is 11.6. The Morgan fingerprint density at radius 2 is 2.00 bits per heavy atom. The first kappa shape index (κ1) is 13.6. The third-order valence-corrected chi connectivity index (χ3v) is 3.07. The van der Waals surface area contributed by atoms with Crippen molar-refractivity contribution in [2.24, 2.45) is 5.92 Å². The summed E-state index contributed by atoms with van der Waals surface area (Å²) in [6.07, 6.45) is 5.34. The third-order valence-electron chi connectivity index (χ3n) is 2.84. The monoisotopic (exact) mass is 277 g/mol. The second-order valence-electron chi connectivity index (χ2n) is 4.68. The first-order chi connectivity index (χ1) is 9.08. The minimum absolute atomic E-state index is 0.0599. The van der Waals surface area contributed by atoms with Gasteiger partial charge >= 0.3 is 0 Å². The Morgan fingerprint density at radius 1 is 1.32 bits per heavy atom. The van der Waals surface area contributed by atoms with Crippen LogP contribution in [0.5, 0.6) is 0 Å². The molecule has 0 spiro atoms. The maximum Gasteiger partial charge on any atom is 0.247 e. The highest BCUT2D eigenvalue weighted by atomic mass is 35.5. The molecule has 100 valence electrons. The van der Waals surface area contributed by atoms with Crippen molar-refractivity contribution in [3.05, 3.63) is 48.0 Å². The number of halogens is 1. The van der Waals surface area contributed by atoms with E-state index < -0.39 is 0 Å². The van der Waals surface area contributed by atoms with E-state index in [4.69, 9.17) is 11.6 Å². The van der Waals surface area contributed by atoms with Gasteiger partial charge in [0.15, 0.2) is 0 Å². The van der Waals surface area contributed by atoms with Crippen molar-refractivity contribution >= 4 is 23.2 Å². The number of hydrogen-bond donors (Lipinski definition) is 1. The summed E-state index contributed by atoms with van der Waals surface area (Å²) < 4.78 is 1.91. The van der Waals surface area contributed by atoms with Crippen molar-refractivity contribution in [1.82, 2.24) is 9.55 Å². The van der Waals surface area contributed by atoms with Crippen LogP contribution in [-0.2, 0) is 4.79 Å². The Bertz CT molecular complexity index is 534. The molecule has 0 saturated heterocycles. The maximum atomic E-state index is 12.3. The predicted molar refractivity (Wildman–Crippen MR) is 76.2 cm³/mol. The van der Waals surface area contributed by atoms with Crippen LogP contribution in [0.25, 0.3) is 0 Å². The summed E-state index contributed by atoms with van der Waals surface area (Å²) in [6, 6.07) is 6.96. The fraction of sp³-hybridized carbons (Fsp3) is 0.286. The van der Waals surface area contributed by atoms with E-state index in [1.807, 2.05) is 42.9 Å². The first-order valence-corrected chi connectivity index (χ1v) is 6.50. The van der Waals surface area contributed by atoms with E-state index in [0.29, 0.717) is 10.8 Å². The Hall–Kier alpha value is -1.81. The summed E-state index contributed by atoms with van der Waals surface area (Å²) in [6.45, 7) is 4.04. The lowest BCUT2D eigenvalue weighted by Gasteiger charge is -2.22. The molecular formula is C14H16ClN3O. The second-order valence-corrected chi connectivity index (χ2v) is 5.07. The smallest absolute Gasteiger partial charge is 0.247 e. The van der Waals surface area contributed by atoms with Gasteiger partial charge in [-0.15, -0.1) is 0 Å². The van der Waals surface area contributed by atoms with Gasteiger partial charge in [-0.05, 0) is 30.2 Å². The molecular weight excluding hydrogens is 262 g/mol. The van der Waals surface area contributed by atoms with Gasteiger partial charge in [0.05, 0.1) is 11.9 Å². The van der Waals surface area contributed by atoms with Gasteiger partial charge in [-0.2, -0.15) is 0 Å². The van der Waals surface area contributed by atoms with Gasteiger partial charge in [0.25, 0.3) is 0 Å². The van der Waals surface area contributed by atoms with Crippen molar-refractivity contribution in [2.45, 2.75) is 19.9 Å². The lowest BCUT2D eigenvalue weighted by Crippen LogP contribution is -2.29. The van der Waals surface area contributed by atoms with Gasteiger partial charge < -0.3 is 9.88 Å². The van der Waals surface area contributed by atoms with Crippen molar-refractivity contribution in [2.75, 3.05) is 5.32 Å². The van der Waals surface area contributed by atoms with Gasteiger partial charge in [0.1, 0.15) is 11.2 Å². The molecule has 2 aromatic rings. The van der Waals surface area contributed by atoms with Gasteiger partial charge in [-0.1, -0.05) is 25.4 Å². The molecule has 1 amide bonds. The van der Waals surface area contributed by atoms with E-state index in [9.17, 15) is 4.79 Å². The molecule has 0 saturated carbocycles. The van der Waals surface area contributed by atoms with Crippen molar-refractivity contribution < 1.29 is 4.79 Å². The molecule has 0 radical (unpaired) electrons. The predicted octanol–water partition coefficient (Wildman–Crippen LogP) is 3.37. The number of carbonyl (C=O) groups is 1. The Balaban J connectivity index is 2.15. The van der Waals surface area contributed by atoms with Gasteiger partial charge in [0, 0.05) is 12.4 Å². The average molecular weight is 278 g/mol. The lowest BCUT2D eigenvalue weighted by atomic mass is 10.0. The van der Waals surface area contributed by atoms with E-state index in [0.717, 1.165) is 0 Å². The molecule has 5 heteroatoms. The number of carbonyl (C=O) groups excluding carboxylic acids is 1. The molecule has 1 N–H and O–H groups in total. The van der Waals surface area contributed by atoms with Crippen molar-refractivity contribution in [1.29, 1.82) is 0 Å². The molecule has 2 rings (SSSR count). The molecule has 0 bridgehead atoms. The molecule has 4 nitrogen and oxygen atoms in total. The van der Waals surface area contributed by atoms with E-state index in [2.05, 4.69) is 10.3 Å². The summed E-state index contributed by atoms with van der Waals surface area (Å²) in [5.74, 6) is 0.128. The highest BCUT2D eigenvalue weighted by Crippen LogP contribution is 2.20. The molecule has 2 heterocycles. The minimum atomic E-state index is -0.245. The molecule has 19 heavy (non-hydrogen) atoms. The van der Waals surface area contributed by atoms with Crippen LogP contribution in [0, 0.1) is 5.92 Å². The quantitative estimate of drug-likeness (QED) is 0.871. The van der Waals surface area contributed by atoms with Crippen LogP contribution >= 0.6 is 11.6 Å². The second kappa shape index (κ2) is 5.89. The number of hydrogen-bond acceptors (Lipinski definition) is 2. The fourth-order valence-corrected chi connectivity index (χ4v) is 2.09. The van der Waals surface area contributed by atoms with Crippen molar-refractivity contribution in [3.63, 3.8) is 0 Å². The lowest BCUT2D eigenvalue weighted by molar-refractivity contribution is -0.120. The standard InChI is InChI=1S/C14H16ClN3O/c1-10(2)13(18-7-3-4-8-18)14(19)17-11-5-6-12(15)16-9-11/h3-10,13H,1-2H3,(H,17,19)/t13-/m1/s1. The third kappa shape index (κ3) is 3.35. The molecule has 0 aliphatic rings. The highest BCUT2D eigenvalue weighted by molar-refractivity contribution is 6.29. The van der Waals surface area contributed by atoms with Crippen LogP contribution in [-0.4, -0.2) is 15.5 Å². The number of nitrogens with zero attached hydrogens (tertiary/aromatic N) is 2. The molecule has 0 unspecified atom stereocenters. The summed E-state index contributed by atoms with van der Waals surface area (Å²) in [5.41, 5.74) is 0.646. The maximum absolute atomic E-state index is 12.3. The van der Waals surface area contributed by atoms with Crippen molar-refractivity contribution in [3.8, 4) is 0 Å². The zero-order valence-electron chi connectivity index (χ0n) is 10.9. The minimum Gasteiger partial charge on any atom is -0.342 e. The number of nitrogens with one attached hydrogen (secondary N) is 1. The number of amides is 1. The molecule has 0 aliphatic carbocycles. The summed E-state index contributed by atoms with van der Waals surface area (Å²) in [5, 5.41) is 3.26. The summed E-state index contributed by atoms with van der Waals surface area (Å²) >= 11 is 5.71. The first-order valence-electron chi connectivity index (χ1n) is 6.13. The Kier molecular flexibility index (Phi) is 4.22. The number of pyridine rings is 1. The highest BCUT2D eigenvalue weighted by Gasteiger charge is 2.23. The Labute approximate surface area is 117 Å². The van der Waals surface area contributed by atoms with E-state index in [-0.39, 0.29) is 17.9 Å². The van der Waals surface area contributed by atoms with Gasteiger partial charge in [-0.3, -0.25) is 4.79 Å². The van der Waals surface area contributed by atoms with Crippen LogP contribution < -0.4 is 5.32 Å². The molecule has 0 aliphatic heterocycles. The normalized spacial score (nSPS) is 12.4. The molecule has 1 atom stereocenters. The van der Waals surface area contributed by atoms with Gasteiger partial charge in [0.2, 0.25) is 5.91 Å². The van der Waals surface area contributed by atoms with Crippen LogP contribution in [0.2, 0.25) is 5.15 Å². The summed E-state index contributed by atoms with van der Waals surface area (Å²) in [7, 11) is 0. The largest absolute Gasteiger partial charge is 0.342 e.